The highest BCUT2D eigenvalue weighted by Gasteiger charge is 2.32. The van der Waals surface area contributed by atoms with Gasteiger partial charge in [-0.05, 0) is 75.2 Å². The molecule has 1 fully saturated rings. The number of nitrogens with zero attached hydrogens (tertiary/aromatic N) is 1. The zero-order chi connectivity index (χ0) is 22.6. The minimum atomic E-state index is -3.19. The number of anilines is 1. The monoisotopic (exact) mass is 464 g/mol. The van der Waals surface area contributed by atoms with E-state index in [1.165, 1.54) is 0 Å². The van der Waals surface area contributed by atoms with Crippen molar-refractivity contribution in [2.75, 3.05) is 23.7 Å². The predicted molar refractivity (Wildman–Crippen MR) is 124 cm³/mol. The first kappa shape index (κ1) is 23.4. The number of hydrogen-bond donors (Lipinski definition) is 1. The predicted octanol–water partition coefficient (Wildman–Crippen LogP) is 4.08. The van der Waals surface area contributed by atoms with Gasteiger partial charge >= 0.3 is 0 Å². The number of ether oxygens (including phenoxy) is 1. The summed E-state index contributed by atoms with van der Waals surface area (Å²) in [6.45, 7) is 6.70. The number of amides is 1. The highest BCUT2D eigenvalue weighted by Crippen LogP contribution is 2.24. The van der Waals surface area contributed by atoms with Gasteiger partial charge in [-0.3, -0.25) is 4.79 Å². The maximum absolute atomic E-state index is 12.8. The van der Waals surface area contributed by atoms with Gasteiger partial charge < -0.3 is 15.0 Å². The molecule has 0 saturated carbocycles. The van der Waals surface area contributed by atoms with E-state index in [-0.39, 0.29) is 17.7 Å². The first-order chi connectivity index (χ1) is 14.6. The average Bonchev–Trinajstić information content (AvgIpc) is 2.76. The summed E-state index contributed by atoms with van der Waals surface area (Å²) in [4.78, 5) is 15.3. The molecular weight excluding hydrogens is 436 g/mol. The molecule has 1 saturated heterocycles. The molecular formula is C23H29ClN2O4S. The molecule has 0 aliphatic carbocycles. The molecule has 1 aliphatic heterocycles. The largest absolute Gasteiger partial charge is 0.478 e. The van der Waals surface area contributed by atoms with E-state index in [4.69, 9.17) is 16.3 Å². The zero-order valence-corrected chi connectivity index (χ0v) is 19.7. The van der Waals surface area contributed by atoms with Crippen molar-refractivity contribution >= 4 is 33.0 Å². The Morgan fingerprint density at radius 2 is 1.68 bits per heavy atom. The molecule has 6 nitrogen and oxygen atoms in total. The Balaban J connectivity index is 1.53. The number of sulfone groups is 1. The number of halogens is 1. The van der Waals surface area contributed by atoms with Crippen molar-refractivity contribution in [3.05, 3.63) is 53.6 Å². The molecule has 1 amide bonds. The Labute approximate surface area is 189 Å². The van der Waals surface area contributed by atoms with Crippen molar-refractivity contribution in [2.45, 2.75) is 50.2 Å². The third-order valence-corrected chi connectivity index (χ3v) is 7.51. The lowest BCUT2D eigenvalue weighted by atomic mass is 10.0. The first-order valence-corrected chi connectivity index (χ1v) is 12.5. The van der Waals surface area contributed by atoms with E-state index < -0.39 is 15.4 Å². The van der Waals surface area contributed by atoms with Crippen molar-refractivity contribution in [1.82, 2.24) is 5.32 Å². The van der Waals surface area contributed by atoms with E-state index >= 15 is 0 Å². The van der Waals surface area contributed by atoms with Gasteiger partial charge in [0.15, 0.2) is 15.4 Å². The second-order valence-electron chi connectivity index (χ2n) is 8.20. The summed E-state index contributed by atoms with van der Waals surface area (Å²) in [5.41, 5.74) is -0.0165. The van der Waals surface area contributed by atoms with Crippen LogP contribution in [0.4, 0.5) is 5.69 Å². The van der Waals surface area contributed by atoms with Crippen molar-refractivity contribution < 1.29 is 17.9 Å². The lowest BCUT2D eigenvalue weighted by molar-refractivity contribution is -0.135. The van der Waals surface area contributed by atoms with Gasteiger partial charge in [0.2, 0.25) is 0 Å². The number of carbonyl (C=O) groups is 1. The minimum absolute atomic E-state index is 0.0663. The number of benzene rings is 2. The molecule has 1 heterocycles. The average molecular weight is 465 g/mol. The molecule has 3 rings (SSSR count). The summed E-state index contributed by atoms with van der Waals surface area (Å²) < 4.78 is 29.8. The van der Waals surface area contributed by atoms with E-state index in [0.29, 0.717) is 15.7 Å². The van der Waals surface area contributed by atoms with Crippen LogP contribution in [0.15, 0.2) is 53.4 Å². The quantitative estimate of drug-likeness (QED) is 0.668. The van der Waals surface area contributed by atoms with Crippen LogP contribution < -0.4 is 15.0 Å². The van der Waals surface area contributed by atoms with Crippen LogP contribution in [0.3, 0.4) is 0 Å². The molecule has 0 spiro atoms. The van der Waals surface area contributed by atoms with Crippen LogP contribution in [0.25, 0.3) is 0 Å². The molecule has 1 aliphatic rings. The van der Waals surface area contributed by atoms with E-state index in [9.17, 15) is 13.2 Å². The summed E-state index contributed by atoms with van der Waals surface area (Å²) in [7, 11) is -3.19. The van der Waals surface area contributed by atoms with Crippen LogP contribution in [0.5, 0.6) is 5.75 Å². The number of rotatable bonds is 7. The Bertz CT molecular complexity index is 997. The summed E-state index contributed by atoms with van der Waals surface area (Å²) >= 11 is 5.90. The van der Waals surface area contributed by atoms with Crippen LogP contribution in [0.2, 0.25) is 5.02 Å². The van der Waals surface area contributed by atoms with Gasteiger partial charge in [-0.15, -0.1) is 0 Å². The van der Waals surface area contributed by atoms with Crippen LogP contribution in [0.1, 0.15) is 33.6 Å². The van der Waals surface area contributed by atoms with E-state index in [2.05, 4.69) is 10.2 Å². The molecule has 168 valence electrons. The van der Waals surface area contributed by atoms with Crippen LogP contribution in [-0.2, 0) is 14.6 Å². The number of piperidine rings is 1. The molecule has 0 radical (unpaired) electrons. The van der Waals surface area contributed by atoms with Gasteiger partial charge in [0.25, 0.3) is 5.91 Å². The normalized spacial score (nSPS) is 15.5. The summed E-state index contributed by atoms with van der Waals surface area (Å²) in [6.07, 6.45) is 1.61. The maximum atomic E-state index is 12.8. The first-order valence-electron chi connectivity index (χ1n) is 10.4. The Hall–Kier alpha value is -2.25. The Kier molecular flexibility index (Phi) is 7.17. The van der Waals surface area contributed by atoms with Gasteiger partial charge in [-0.25, -0.2) is 8.42 Å². The lowest BCUT2D eigenvalue weighted by Gasteiger charge is -2.35. The highest BCUT2D eigenvalue weighted by molar-refractivity contribution is 7.91. The number of hydrogen-bond acceptors (Lipinski definition) is 5. The van der Waals surface area contributed by atoms with E-state index in [0.717, 1.165) is 31.6 Å². The fraction of sp³-hybridized carbons (Fsp3) is 0.435. The van der Waals surface area contributed by atoms with Gasteiger partial charge in [-0.1, -0.05) is 18.5 Å². The van der Waals surface area contributed by atoms with Crippen molar-refractivity contribution in [3.63, 3.8) is 0 Å². The number of nitrogens with one attached hydrogen (secondary N) is 1. The maximum Gasteiger partial charge on any atom is 0.263 e. The molecule has 0 unspecified atom stereocenters. The standard InChI is InChI=1S/C23H29ClN2O4S/c1-4-31(28,29)21-11-7-19(8-12-21)26-15-13-18(14-16-26)25-22(27)23(2,3)30-20-9-5-17(24)6-10-20/h5-12,18H,4,13-16H2,1-3H3,(H,25,27). The lowest BCUT2D eigenvalue weighted by Crippen LogP contribution is -2.52. The number of carbonyl (C=O) groups excluding carboxylic acids is 1. The Morgan fingerprint density at radius 1 is 1.10 bits per heavy atom. The van der Waals surface area contributed by atoms with Crippen molar-refractivity contribution in [2.24, 2.45) is 0 Å². The summed E-state index contributed by atoms with van der Waals surface area (Å²) in [6, 6.07) is 14.0. The van der Waals surface area contributed by atoms with Crippen molar-refractivity contribution in [3.8, 4) is 5.75 Å². The van der Waals surface area contributed by atoms with Gasteiger partial charge in [0, 0.05) is 29.8 Å². The third kappa shape index (κ3) is 5.92. The smallest absolute Gasteiger partial charge is 0.263 e. The summed E-state index contributed by atoms with van der Waals surface area (Å²) in [5, 5.41) is 3.72. The van der Waals surface area contributed by atoms with Crippen LogP contribution >= 0.6 is 11.6 Å². The topological polar surface area (TPSA) is 75.7 Å². The molecule has 8 heteroatoms. The van der Waals surface area contributed by atoms with E-state index in [1.807, 2.05) is 12.1 Å². The Morgan fingerprint density at radius 3 is 2.23 bits per heavy atom. The van der Waals surface area contributed by atoms with E-state index in [1.54, 1.807) is 57.2 Å². The second kappa shape index (κ2) is 9.49. The van der Waals surface area contributed by atoms with Gasteiger partial charge in [-0.2, -0.15) is 0 Å². The van der Waals surface area contributed by atoms with Crippen LogP contribution in [-0.4, -0.2) is 44.8 Å². The molecule has 0 atom stereocenters. The molecule has 31 heavy (non-hydrogen) atoms. The molecule has 2 aromatic rings. The fourth-order valence-corrected chi connectivity index (χ4v) is 4.53. The SMILES string of the molecule is CCS(=O)(=O)c1ccc(N2CCC(NC(=O)C(C)(C)Oc3ccc(Cl)cc3)CC2)cc1. The van der Waals surface area contributed by atoms with Crippen LogP contribution in [0, 0.1) is 0 Å². The van der Waals surface area contributed by atoms with Gasteiger partial charge in [0.1, 0.15) is 5.75 Å². The minimum Gasteiger partial charge on any atom is -0.478 e. The molecule has 0 aromatic heterocycles. The second-order valence-corrected chi connectivity index (χ2v) is 10.9. The molecule has 2 aromatic carbocycles. The molecule has 1 N–H and O–H groups in total. The fourth-order valence-electron chi connectivity index (χ4n) is 3.52. The highest BCUT2D eigenvalue weighted by atomic mass is 35.5. The van der Waals surface area contributed by atoms with Gasteiger partial charge in [0.05, 0.1) is 10.6 Å². The zero-order valence-electron chi connectivity index (χ0n) is 18.1. The third-order valence-electron chi connectivity index (χ3n) is 5.50. The van der Waals surface area contributed by atoms with Crippen molar-refractivity contribution in [1.29, 1.82) is 0 Å². The summed E-state index contributed by atoms with van der Waals surface area (Å²) in [5.74, 6) is 0.526. The molecule has 0 bridgehead atoms.